The van der Waals surface area contributed by atoms with Gasteiger partial charge in [-0.25, -0.2) is 0 Å². The maximum atomic E-state index is 12.2. The fourth-order valence-corrected chi connectivity index (χ4v) is 1.18. The Morgan fingerprint density at radius 3 is 2.76 bits per heavy atom. The number of nitrogens with zero attached hydrogens (tertiary/aromatic N) is 3. The van der Waals surface area contributed by atoms with E-state index in [4.69, 9.17) is 16.4 Å². The van der Waals surface area contributed by atoms with Crippen LogP contribution in [0.2, 0.25) is 0 Å². The number of nitrogens with two attached hydrogens (primary N) is 1. The third-order valence-electron chi connectivity index (χ3n) is 2.04. The van der Waals surface area contributed by atoms with Gasteiger partial charge in [0, 0.05) is 12.1 Å². The maximum absolute atomic E-state index is 12.2. The highest BCUT2D eigenvalue weighted by atomic mass is 19.3. The Morgan fingerprint density at radius 2 is 2.29 bits per heavy atom. The van der Waals surface area contributed by atoms with Gasteiger partial charge in [-0.15, -0.1) is 0 Å². The Kier molecular flexibility index (Phi) is 5.07. The molecule has 0 aromatic heterocycles. The highest BCUT2D eigenvalue weighted by molar-refractivity contribution is 6.45. The summed E-state index contributed by atoms with van der Waals surface area (Å²) in [5.41, 5.74) is 5.96. The number of rotatable bonds is 6. The van der Waals surface area contributed by atoms with Gasteiger partial charge in [0.05, 0.1) is 4.92 Å². The highest BCUT2D eigenvalue weighted by Crippen LogP contribution is 2.30. The average Bonchev–Trinajstić information content (AvgIpc) is 2.39. The van der Waals surface area contributed by atoms with Crippen molar-refractivity contribution in [2.24, 2.45) is 10.8 Å². The molecule has 11 heteroatoms. The van der Waals surface area contributed by atoms with Crippen LogP contribution in [-0.4, -0.2) is 23.1 Å². The smallest absolute Gasteiger partial charge is 0.387 e. The zero-order valence-electron chi connectivity index (χ0n) is 10.2. The van der Waals surface area contributed by atoms with E-state index < -0.39 is 34.5 Å². The van der Waals surface area contributed by atoms with Crippen molar-refractivity contribution in [1.82, 2.24) is 0 Å². The molecule has 1 aromatic carbocycles. The summed E-state index contributed by atoms with van der Waals surface area (Å²) in [5, 5.41) is 29.7. The number of amidine groups is 1. The van der Waals surface area contributed by atoms with Crippen molar-refractivity contribution < 1.29 is 18.4 Å². The number of non-ortho nitro benzene ring substituents is 1. The number of anilines is 1. The summed E-state index contributed by atoms with van der Waals surface area (Å²) in [6.45, 7) is -3.15. The lowest BCUT2D eigenvalue weighted by Crippen LogP contribution is -2.22. The first kappa shape index (κ1) is 15.8. The largest absolute Gasteiger partial charge is 0.433 e. The number of alkyl halides is 2. The van der Waals surface area contributed by atoms with Gasteiger partial charge >= 0.3 is 6.61 Å². The van der Waals surface area contributed by atoms with Crippen molar-refractivity contribution in [2.75, 3.05) is 5.43 Å². The van der Waals surface area contributed by atoms with Crippen LogP contribution in [0.4, 0.5) is 20.2 Å². The quantitative estimate of drug-likeness (QED) is 0.313. The summed E-state index contributed by atoms with van der Waals surface area (Å²) in [5.74, 6) is -1.08. The molecule has 0 atom stereocenters. The predicted octanol–water partition coefficient (Wildman–Crippen LogP) is 1.42. The summed E-state index contributed by atoms with van der Waals surface area (Å²) in [6.07, 6.45) is 0. The molecule has 0 saturated carbocycles. The van der Waals surface area contributed by atoms with E-state index in [-0.39, 0.29) is 5.69 Å². The molecule has 0 spiro atoms. The third-order valence-corrected chi connectivity index (χ3v) is 2.04. The molecule has 0 saturated heterocycles. The van der Waals surface area contributed by atoms with Crippen molar-refractivity contribution in [3.8, 4) is 11.8 Å². The monoisotopic (exact) mass is 298 g/mol. The molecule has 0 unspecified atom stereocenters. The normalized spacial score (nSPS) is 10.9. The van der Waals surface area contributed by atoms with Crippen molar-refractivity contribution in [2.45, 2.75) is 6.61 Å². The van der Waals surface area contributed by atoms with Crippen LogP contribution in [0.15, 0.2) is 23.3 Å². The van der Waals surface area contributed by atoms with E-state index in [1.54, 1.807) is 0 Å². The SMILES string of the molecule is N#C/C(=N\Nc1cc([N+](=O)[O-])ccc1OC(F)F)C(=N)N. The number of hydrazone groups is 1. The van der Waals surface area contributed by atoms with Crippen molar-refractivity contribution in [3.63, 3.8) is 0 Å². The van der Waals surface area contributed by atoms with E-state index in [9.17, 15) is 18.9 Å². The predicted molar refractivity (Wildman–Crippen MR) is 68.3 cm³/mol. The number of hydrogen-bond donors (Lipinski definition) is 3. The number of nitriles is 1. The molecule has 0 aliphatic carbocycles. The fraction of sp³-hybridized carbons (Fsp3) is 0.100. The lowest BCUT2D eigenvalue weighted by Gasteiger charge is -2.09. The molecule has 0 aliphatic heterocycles. The van der Waals surface area contributed by atoms with E-state index in [0.717, 1.165) is 18.2 Å². The van der Waals surface area contributed by atoms with E-state index in [0.29, 0.717) is 0 Å². The zero-order valence-corrected chi connectivity index (χ0v) is 10.2. The van der Waals surface area contributed by atoms with Crippen molar-refractivity contribution in [3.05, 3.63) is 28.3 Å². The van der Waals surface area contributed by atoms with Gasteiger partial charge in [-0.2, -0.15) is 19.1 Å². The number of nitrogens with one attached hydrogen (secondary N) is 2. The molecule has 0 bridgehead atoms. The zero-order chi connectivity index (χ0) is 16.0. The summed E-state index contributed by atoms with van der Waals surface area (Å²) < 4.78 is 28.6. The number of hydrogen-bond acceptors (Lipinski definition) is 7. The van der Waals surface area contributed by atoms with Gasteiger partial charge in [0.2, 0.25) is 5.71 Å². The van der Waals surface area contributed by atoms with Gasteiger partial charge in [0.15, 0.2) is 11.6 Å². The molecular formula is C10H8F2N6O3. The van der Waals surface area contributed by atoms with Crippen LogP contribution in [0.3, 0.4) is 0 Å². The summed E-state index contributed by atoms with van der Waals surface area (Å²) >= 11 is 0. The van der Waals surface area contributed by atoms with Gasteiger partial charge in [-0.3, -0.25) is 20.9 Å². The molecule has 21 heavy (non-hydrogen) atoms. The highest BCUT2D eigenvalue weighted by Gasteiger charge is 2.15. The molecule has 0 radical (unpaired) electrons. The summed E-state index contributed by atoms with van der Waals surface area (Å²) in [4.78, 5) is 9.88. The summed E-state index contributed by atoms with van der Waals surface area (Å²) in [6, 6.07) is 4.28. The van der Waals surface area contributed by atoms with E-state index in [1.165, 1.54) is 6.07 Å². The number of benzene rings is 1. The minimum atomic E-state index is -3.15. The first-order chi connectivity index (χ1) is 9.85. The van der Waals surface area contributed by atoms with Crippen LogP contribution >= 0.6 is 0 Å². The number of halogens is 2. The lowest BCUT2D eigenvalue weighted by atomic mass is 10.2. The average molecular weight is 298 g/mol. The molecule has 110 valence electrons. The molecular weight excluding hydrogens is 290 g/mol. The molecule has 1 aromatic rings. The van der Waals surface area contributed by atoms with E-state index >= 15 is 0 Å². The van der Waals surface area contributed by atoms with Gasteiger partial charge < -0.3 is 10.5 Å². The molecule has 1 rings (SSSR count). The molecule has 4 N–H and O–H groups in total. The minimum absolute atomic E-state index is 0.279. The topological polar surface area (TPSA) is 150 Å². The maximum Gasteiger partial charge on any atom is 0.387 e. The molecule has 0 amide bonds. The first-order valence-corrected chi connectivity index (χ1v) is 5.16. The van der Waals surface area contributed by atoms with Crippen LogP contribution in [-0.2, 0) is 0 Å². The van der Waals surface area contributed by atoms with Crippen LogP contribution in [0, 0.1) is 26.9 Å². The summed E-state index contributed by atoms with van der Waals surface area (Å²) in [7, 11) is 0. The van der Waals surface area contributed by atoms with Crippen LogP contribution < -0.4 is 15.9 Å². The molecule has 0 heterocycles. The number of nitro benzene ring substituents is 1. The Labute approximate surface area is 116 Å². The van der Waals surface area contributed by atoms with Gasteiger partial charge in [-0.05, 0) is 6.07 Å². The Bertz CT molecular complexity index is 640. The molecule has 9 nitrogen and oxygen atoms in total. The second-order valence-corrected chi connectivity index (χ2v) is 3.41. The van der Waals surface area contributed by atoms with Crippen molar-refractivity contribution in [1.29, 1.82) is 10.7 Å². The molecule has 0 fully saturated rings. The van der Waals surface area contributed by atoms with Crippen LogP contribution in [0.5, 0.6) is 5.75 Å². The Morgan fingerprint density at radius 1 is 1.62 bits per heavy atom. The Balaban J connectivity index is 3.17. The first-order valence-electron chi connectivity index (χ1n) is 5.16. The Hall–Kier alpha value is -3.29. The number of ether oxygens (including phenoxy) is 1. The standard InChI is InChI=1S/C10H8F2N6O3/c11-10(12)21-8-2-1-5(18(19)20)3-6(8)16-17-7(4-13)9(14)15/h1-3,10,16H,(H3,14,15)/b17-7+. The van der Waals surface area contributed by atoms with E-state index in [1.807, 2.05) is 0 Å². The lowest BCUT2D eigenvalue weighted by molar-refractivity contribution is -0.384. The van der Waals surface area contributed by atoms with Crippen LogP contribution in [0.25, 0.3) is 0 Å². The van der Waals surface area contributed by atoms with Crippen LogP contribution in [0.1, 0.15) is 0 Å². The van der Waals surface area contributed by atoms with Gasteiger partial charge in [0.25, 0.3) is 5.69 Å². The fourth-order valence-electron chi connectivity index (χ4n) is 1.18. The van der Waals surface area contributed by atoms with Gasteiger partial charge in [0.1, 0.15) is 11.8 Å². The molecule has 0 aliphatic rings. The third kappa shape index (κ3) is 4.39. The second kappa shape index (κ2) is 6.75. The van der Waals surface area contributed by atoms with Gasteiger partial charge in [-0.1, -0.05) is 0 Å². The van der Waals surface area contributed by atoms with Crippen molar-refractivity contribution >= 4 is 22.9 Å². The van der Waals surface area contributed by atoms with E-state index in [2.05, 4.69) is 15.3 Å². The number of nitro groups is 1. The minimum Gasteiger partial charge on any atom is -0.433 e. The second-order valence-electron chi connectivity index (χ2n) is 3.41.